The molecule has 0 spiro atoms. The van der Waals surface area contributed by atoms with Gasteiger partial charge in [0, 0.05) is 17.0 Å². The molecule has 1 fully saturated rings. The number of allylic oxidation sites excluding steroid dienone is 1. The van der Waals surface area contributed by atoms with E-state index in [4.69, 9.17) is 16.7 Å². The van der Waals surface area contributed by atoms with Gasteiger partial charge in [-0.15, -0.1) is 0 Å². The second-order valence-electron chi connectivity index (χ2n) is 4.41. The fraction of sp³-hybridized carbons (Fsp3) is 0.357. The molecule has 2 nitrogen and oxygen atoms in total. The molecule has 0 amide bonds. The SMILES string of the molecule is O=C(O)/C=C1\CCCCC1c1cccc(Cl)c1. The molecule has 90 valence electrons. The van der Waals surface area contributed by atoms with E-state index in [1.54, 1.807) is 0 Å². The van der Waals surface area contributed by atoms with Gasteiger partial charge in [0.25, 0.3) is 0 Å². The molecule has 1 aliphatic carbocycles. The lowest BCUT2D eigenvalue weighted by atomic mass is 9.79. The first kappa shape index (κ1) is 12.2. The van der Waals surface area contributed by atoms with Crippen molar-refractivity contribution in [2.45, 2.75) is 31.6 Å². The number of hydrogen-bond donors (Lipinski definition) is 1. The number of carboxylic acid groups (broad SMARTS) is 1. The third kappa shape index (κ3) is 3.10. The van der Waals surface area contributed by atoms with Crippen LogP contribution in [-0.2, 0) is 4.79 Å². The number of aliphatic carboxylic acids is 1. The molecule has 0 saturated heterocycles. The van der Waals surface area contributed by atoms with Crippen LogP contribution in [0.3, 0.4) is 0 Å². The van der Waals surface area contributed by atoms with Gasteiger partial charge in [-0.1, -0.05) is 35.7 Å². The fourth-order valence-corrected chi connectivity index (χ4v) is 2.67. The maximum absolute atomic E-state index is 10.8. The molecule has 1 N–H and O–H groups in total. The van der Waals surface area contributed by atoms with Crippen LogP contribution in [0.1, 0.15) is 37.2 Å². The van der Waals surface area contributed by atoms with Gasteiger partial charge in [-0.25, -0.2) is 4.79 Å². The van der Waals surface area contributed by atoms with Crippen molar-refractivity contribution in [3.63, 3.8) is 0 Å². The molecular formula is C14H15ClO2. The Kier molecular flexibility index (Phi) is 3.85. The van der Waals surface area contributed by atoms with Gasteiger partial charge in [-0.3, -0.25) is 0 Å². The largest absolute Gasteiger partial charge is 0.478 e. The number of hydrogen-bond acceptors (Lipinski definition) is 1. The summed E-state index contributed by atoms with van der Waals surface area (Å²) in [5.74, 6) is -0.632. The van der Waals surface area contributed by atoms with Crippen LogP contribution in [0.15, 0.2) is 35.9 Å². The Bertz CT molecular complexity index is 451. The van der Waals surface area contributed by atoms with Gasteiger partial charge in [0.1, 0.15) is 0 Å². The molecule has 1 aromatic rings. The van der Waals surface area contributed by atoms with Crippen molar-refractivity contribution in [2.24, 2.45) is 0 Å². The molecule has 0 heterocycles. The zero-order chi connectivity index (χ0) is 12.3. The minimum absolute atomic E-state index is 0.221. The van der Waals surface area contributed by atoms with Gasteiger partial charge in [0.05, 0.1) is 0 Å². The van der Waals surface area contributed by atoms with Crippen LogP contribution in [0.4, 0.5) is 0 Å². The van der Waals surface area contributed by atoms with E-state index in [1.807, 2.05) is 24.3 Å². The molecule has 1 unspecified atom stereocenters. The summed E-state index contributed by atoms with van der Waals surface area (Å²) in [6.07, 6.45) is 5.48. The van der Waals surface area contributed by atoms with E-state index in [0.717, 1.165) is 36.8 Å². The maximum atomic E-state index is 10.8. The summed E-state index contributed by atoms with van der Waals surface area (Å²) in [6, 6.07) is 7.73. The third-order valence-corrected chi connectivity index (χ3v) is 3.45. The second-order valence-corrected chi connectivity index (χ2v) is 4.85. The first-order valence-electron chi connectivity index (χ1n) is 5.85. The van der Waals surface area contributed by atoms with Crippen molar-refractivity contribution >= 4 is 17.6 Å². The number of rotatable bonds is 2. The highest BCUT2D eigenvalue weighted by atomic mass is 35.5. The first-order valence-corrected chi connectivity index (χ1v) is 6.23. The summed E-state index contributed by atoms with van der Waals surface area (Å²) in [4.78, 5) is 10.8. The molecule has 1 aromatic carbocycles. The monoisotopic (exact) mass is 250 g/mol. The summed E-state index contributed by atoms with van der Waals surface area (Å²) in [5.41, 5.74) is 2.15. The average Bonchev–Trinajstić information content (AvgIpc) is 2.29. The molecule has 1 saturated carbocycles. The standard InChI is InChI=1S/C14H15ClO2/c15-12-6-3-5-10(8-12)13-7-2-1-4-11(13)9-14(16)17/h3,5-6,8-9,13H,1-2,4,7H2,(H,16,17)/b11-9+. The average molecular weight is 251 g/mol. The quantitative estimate of drug-likeness (QED) is 0.806. The maximum Gasteiger partial charge on any atom is 0.328 e. The summed E-state index contributed by atoms with van der Waals surface area (Å²) in [5, 5.41) is 9.59. The van der Waals surface area contributed by atoms with Crippen molar-refractivity contribution in [2.75, 3.05) is 0 Å². The zero-order valence-corrected chi connectivity index (χ0v) is 10.3. The van der Waals surface area contributed by atoms with Crippen molar-refractivity contribution in [3.05, 3.63) is 46.5 Å². The highest BCUT2D eigenvalue weighted by molar-refractivity contribution is 6.30. The van der Waals surface area contributed by atoms with E-state index in [1.165, 1.54) is 6.08 Å². The minimum atomic E-state index is -0.853. The summed E-state index contributed by atoms with van der Waals surface area (Å²) >= 11 is 5.98. The van der Waals surface area contributed by atoms with Crippen LogP contribution in [0, 0.1) is 0 Å². The van der Waals surface area contributed by atoms with E-state index >= 15 is 0 Å². The molecule has 3 heteroatoms. The Balaban J connectivity index is 2.31. The summed E-state index contributed by atoms with van der Waals surface area (Å²) in [6.45, 7) is 0. The van der Waals surface area contributed by atoms with Gasteiger partial charge >= 0.3 is 5.97 Å². The molecule has 1 aliphatic rings. The van der Waals surface area contributed by atoms with Crippen molar-refractivity contribution in [1.29, 1.82) is 0 Å². The lowest BCUT2D eigenvalue weighted by molar-refractivity contribution is -0.131. The van der Waals surface area contributed by atoms with Crippen LogP contribution < -0.4 is 0 Å². The molecule has 0 bridgehead atoms. The zero-order valence-electron chi connectivity index (χ0n) is 9.53. The van der Waals surface area contributed by atoms with Crippen LogP contribution in [0.5, 0.6) is 0 Å². The van der Waals surface area contributed by atoms with Crippen molar-refractivity contribution in [1.82, 2.24) is 0 Å². The molecule has 2 rings (SSSR count). The van der Waals surface area contributed by atoms with E-state index in [0.29, 0.717) is 5.02 Å². The van der Waals surface area contributed by atoms with Crippen LogP contribution in [-0.4, -0.2) is 11.1 Å². The Labute approximate surface area is 106 Å². The predicted octanol–water partition coefficient (Wildman–Crippen LogP) is 4.01. The fourth-order valence-electron chi connectivity index (χ4n) is 2.47. The number of carboxylic acids is 1. The number of halogens is 1. The van der Waals surface area contributed by atoms with Gasteiger partial charge in [0.15, 0.2) is 0 Å². The Morgan fingerprint density at radius 3 is 2.94 bits per heavy atom. The highest BCUT2D eigenvalue weighted by Gasteiger charge is 2.21. The van der Waals surface area contributed by atoms with Gasteiger partial charge in [0.2, 0.25) is 0 Å². The number of carbonyl (C=O) groups is 1. The predicted molar refractivity (Wildman–Crippen MR) is 68.4 cm³/mol. The lowest BCUT2D eigenvalue weighted by Crippen LogP contribution is -2.10. The second kappa shape index (κ2) is 5.37. The van der Waals surface area contributed by atoms with Gasteiger partial charge < -0.3 is 5.11 Å². The molecule has 0 aromatic heterocycles. The smallest absolute Gasteiger partial charge is 0.328 e. The van der Waals surface area contributed by atoms with Crippen LogP contribution in [0.2, 0.25) is 5.02 Å². The topological polar surface area (TPSA) is 37.3 Å². The van der Waals surface area contributed by atoms with E-state index in [9.17, 15) is 4.79 Å². The Morgan fingerprint density at radius 1 is 1.41 bits per heavy atom. The van der Waals surface area contributed by atoms with Crippen LogP contribution in [0.25, 0.3) is 0 Å². The summed E-state index contributed by atoms with van der Waals surface area (Å²) in [7, 11) is 0. The van der Waals surface area contributed by atoms with Gasteiger partial charge in [-0.05, 0) is 37.0 Å². The Morgan fingerprint density at radius 2 is 2.24 bits per heavy atom. The molecule has 0 aliphatic heterocycles. The van der Waals surface area contributed by atoms with Crippen molar-refractivity contribution in [3.8, 4) is 0 Å². The van der Waals surface area contributed by atoms with E-state index < -0.39 is 5.97 Å². The Hall–Kier alpha value is -1.28. The third-order valence-electron chi connectivity index (χ3n) is 3.22. The van der Waals surface area contributed by atoms with Crippen LogP contribution >= 0.6 is 11.6 Å². The minimum Gasteiger partial charge on any atom is -0.478 e. The van der Waals surface area contributed by atoms with E-state index in [-0.39, 0.29) is 5.92 Å². The molecule has 17 heavy (non-hydrogen) atoms. The first-order chi connectivity index (χ1) is 8.16. The normalized spacial score (nSPS) is 22.6. The lowest BCUT2D eigenvalue weighted by Gasteiger charge is -2.25. The van der Waals surface area contributed by atoms with Crippen molar-refractivity contribution < 1.29 is 9.90 Å². The highest BCUT2D eigenvalue weighted by Crippen LogP contribution is 2.37. The number of benzene rings is 1. The summed E-state index contributed by atoms with van der Waals surface area (Å²) < 4.78 is 0. The molecule has 0 radical (unpaired) electrons. The van der Waals surface area contributed by atoms with E-state index in [2.05, 4.69) is 0 Å². The van der Waals surface area contributed by atoms with Gasteiger partial charge in [-0.2, -0.15) is 0 Å². The molecule has 1 atom stereocenters. The molecular weight excluding hydrogens is 236 g/mol.